The number of aryl methyl sites for hydroxylation is 1. The average Bonchev–Trinajstić information content (AvgIpc) is 3.12. The first-order valence-electron chi connectivity index (χ1n) is 8.95. The van der Waals surface area contributed by atoms with Gasteiger partial charge in [-0.15, -0.1) is 0 Å². The van der Waals surface area contributed by atoms with Crippen LogP contribution in [-0.2, 0) is 25.0 Å². The molecular weight excluding hydrogens is 372 g/mol. The van der Waals surface area contributed by atoms with Gasteiger partial charge >= 0.3 is 5.97 Å². The SMILES string of the molecule is Cn1ncc2c(=O)n(CC(=O)Oc3ccc(OCc4ccccc4)cc3)cnc21. The lowest BCUT2D eigenvalue weighted by molar-refractivity contribution is -0.135. The van der Waals surface area contributed by atoms with E-state index in [4.69, 9.17) is 9.47 Å². The first-order chi connectivity index (χ1) is 14.1. The van der Waals surface area contributed by atoms with Crippen LogP contribution in [0.2, 0.25) is 0 Å². The Morgan fingerprint density at radius 1 is 1.03 bits per heavy atom. The Labute approximate surface area is 165 Å². The van der Waals surface area contributed by atoms with Crippen molar-refractivity contribution in [2.24, 2.45) is 7.05 Å². The summed E-state index contributed by atoms with van der Waals surface area (Å²) in [5.74, 6) is 0.455. The molecule has 0 radical (unpaired) electrons. The molecule has 0 unspecified atom stereocenters. The Bertz CT molecular complexity index is 1200. The Morgan fingerprint density at radius 3 is 2.52 bits per heavy atom. The number of fused-ring (bicyclic) bond motifs is 1. The van der Waals surface area contributed by atoms with E-state index in [9.17, 15) is 9.59 Å². The van der Waals surface area contributed by atoms with E-state index in [1.807, 2.05) is 30.3 Å². The van der Waals surface area contributed by atoms with E-state index in [0.29, 0.717) is 29.1 Å². The van der Waals surface area contributed by atoms with E-state index in [1.165, 1.54) is 21.8 Å². The lowest BCUT2D eigenvalue weighted by atomic mass is 10.2. The predicted molar refractivity (Wildman–Crippen MR) is 106 cm³/mol. The molecule has 2 aromatic heterocycles. The van der Waals surface area contributed by atoms with Gasteiger partial charge in [-0.3, -0.25) is 14.0 Å². The molecular formula is C21H18N4O4. The molecule has 4 rings (SSSR count). The average molecular weight is 390 g/mol. The van der Waals surface area contributed by atoms with Crippen molar-refractivity contribution in [1.29, 1.82) is 0 Å². The van der Waals surface area contributed by atoms with Crippen LogP contribution in [0.15, 0.2) is 71.9 Å². The number of benzene rings is 2. The second-order valence-electron chi connectivity index (χ2n) is 6.40. The number of hydrogen-bond acceptors (Lipinski definition) is 6. The van der Waals surface area contributed by atoms with Gasteiger partial charge in [-0.25, -0.2) is 9.78 Å². The summed E-state index contributed by atoms with van der Waals surface area (Å²) in [6.45, 7) is 0.204. The van der Waals surface area contributed by atoms with Gasteiger partial charge in [0.15, 0.2) is 5.65 Å². The molecule has 29 heavy (non-hydrogen) atoms. The van der Waals surface area contributed by atoms with Gasteiger partial charge in [0.25, 0.3) is 5.56 Å². The smallest absolute Gasteiger partial charge is 0.331 e. The summed E-state index contributed by atoms with van der Waals surface area (Å²) in [7, 11) is 1.70. The van der Waals surface area contributed by atoms with Crippen LogP contribution >= 0.6 is 0 Å². The number of esters is 1. The molecule has 2 aromatic carbocycles. The fourth-order valence-corrected chi connectivity index (χ4v) is 2.83. The molecule has 0 fully saturated rings. The molecule has 0 N–H and O–H groups in total. The van der Waals surface area contributed by atoms with Crippen molar-refractivity contribution in [2.75, 3.05) is 0 Å². The molecule has 0 bridgehead atoms. The van der Waals surface area contributed by atoms with Crippen molar-refractivity contribution in [3.63, 3.8) is 0 Å². The minimum absolute atomic E-state index is 0.247. The van der Waals surface area contributed by atoms with Crippen molar-refractivity contribution in [3.8, 4) is 11.5 Å². The first kappa shape index (κ1) is 18.4. The summed E-state index contributed by atoms with van der Waals surface area (Å²) in [5.41, 5.74) is 1.18. The molecule has 0 spiro atoms. The predicted octanol–water partition coefficient (Wildman–Crippen LogP) is 2.31. The van der Waals surface area contributed by atoms with Crippen LogP contribution in [0.1, 0.15) is 5.56 Å². The van der Waals surface area contributed by atoms with Gasteiger partial charge in [-0.2, -0.15) is 5.10 Å². The summed E-state index contributed by atoms with van der Waals surface area (Å²) in [6, 6.07) is 16.6. The number of aromatic nitrogens is 4. The molecule has 0 aliphatic rings. The normalized spacial score (nSPS) is 10.8. The summed E-state index contributed by atoms with van der Waals surface area (Å²) >= 11 is 0. The zero-order valence-corrected chi connectivity index (χ0v) is 15.7. The highest BCUT2D eigenvalue weighted by Crippen LogP contribution is 2.19. The van der Waals surface area contributed by atoms with Crippen LogP contribution in [0, 0.1) is 0 Å². The van der Waals surface area contributed by atoms with Crippen molar-refractivity contribution in [1.82, 2.24) is 19.3 Å². The minimum Gasteiger partial charge on any atom is -0.489 e. The number of rotatable bonds is 6. The van der Waals surface area contributed by atoms with Crippen LogP contribution in [0.3, 0.4) is 0 Å². The number of carbonyl (C=O) groups excluding carboxylic acids is 1. The van der Waals surface area contributed by atoms with Crippen molar-refractivity contribution < 1.29 is 14.3 Å². The van der Waals surface area contributed by atoms with E-state index in [1.54, 1.807) is 31.3 Å². The standard InChI is InChI=1S/C21H18N4O4/c1-24-20-18(11-23-24)21(27)25(14-22-20)12-19(26)29-17-9-7-16(8-10-17)28-13-15-5-3-2-4-6-15/h2-11,14H,12-13H2,1H3. The third-order valence-electron chi connectivity index (χ3n) is 4.32. The van der Waals surface area contributed by atoms with Gasteiger partial charge in [0.05, 0.1) is 6.20 Å². The Balaban J connectivity index is 1.37. The van der Waals surface area contributed by atoms with Crippen molar-refractivity contribution in [3.05, 3.63) is 83.0 Å². The fourth-order valence-electron chi connectivity index (χ4n) is 2.83. The maximum atomic E-state index is 12.4. The summed E-state index contributed by atoms with van der Waals surface area (Å²) in [6.07, 6.45) is 2.74. The Morgan fingerprint density at radius 2 is 1.76 bits per heavy atom. The zero-order valence-electron chi connectivity index (χ0n) is 15.7. The van der Waals surface area contributed by atoms with Gasteiger partial charge in [0.1, 0.15) is 36.4 Å². The largest absolute Gasteiger partial charge is 0.489 e. The van der Waals surface area contributed by atoms with E-state index in [2.05, 4.69) is 10.1 Å². The zero-order chi connectivity index (χ0) is 20.2. The number of hydrogen-bond donors (Lipinski definition) is 0. The molecule has 0 saturated carbocycles. The van der Waals surface area contributed by atoms with Crippen LogP contribution in [0.5, 0.6) is 11.5 Å². The van der Waals surface area contributed by atoms with Gasteiger partial charge < -0.3 is 9.47 Å². The first-order valence-corrected chi connectivity index (χ1v) is 8.95. The summed E-state index contributed by atoms with van der Waals surface area (Å²) in [5, 5.41) is 4.35. The topological polar surface area (TPSA) is 88.2 Å². The highest BCUT2D eigenvalue weighted by atomic mass is 16.5. The quantitative estimate of drug-likeness (QED) is 0.371. The lowest BCUT2D eigenvalue weighted by Gasteiger charge is -2.09. The Hall–Kier alpha value is -3.94. The highest BCUT2D eigenvalue weighted by molar-refractivity contribution is 5.75. The molecule has 8 heteroatoms. The van der Waals surface area contributed by atoms with Crippen LogP contribution in [-0.4, -0.2) is 25.3 Å². The lowest BCUT2D eigenvalue weighted by Crippen LogP contribution is -2.26. The second kappa shape index (κ2) is 7.97. The second-order valence-corrected chi connectivity index (χ2v) is 6.40. The summed E-state index contributed by atoms with van der Waals surface area (Å²) < 4.78 is 13.7. The van der Waals surface area contributed by atoms with E-state index < -0.39 is 5.97 Å². The van der Waals surface area contributed by atoms with Gasteiger partial charge in [0, 0.05) is 7.05 Å². The van der Waals surface area contributed by atoms with Gasteiger partial charge in [0.2, 0.25) is 0 Å². The molecule has 0 atom stereocenters. The van der Waals surface area contributed by atoms with Crippen molar-refractivity contribution in [2.45, 2.75) is 13.2 Å². The molecule has 0 aliphatic carbocycles. The maximum Gasteiger partial charge on any atom is 0.331 e. The molecule has 2 heterocycles. The third kappa shape index (κ3) is 4.16. The molecule has 146 valence electrons. The van der Waals surface area contributed by atoms with Crippen LogP contribution < -0.4 is 15.0 Å². The molecule has 8 nitrogen and oxygen atoms in total. The Kier molecular flexibility index (Phi) is 5.07. The number of carbonyl (C=O) groups is 1. The molecule has 4 aromatic rings. The van der Waals surface area contributed by atoms with Gasteiger partial charge in [-0.1, -0.05) is 30.3 Å². The number of ether oxygens (including phenoxy) is 2. The highest BCUT2D eigenvalue weighted by Gasteiger charge is 2.12. The van der Waals surface area contributed by atoms with Gasteiger partial charge in [-0.05, 0) is 29.8 Å². The van der Waals surface area contributed by atoms with E-state index in [0.717, 1.165) is 5.56 Å². The number of nitrogens with zero attached hydrogens (tertiary/aromatic N) is 4. The fraction of sp³-hybridized carbons (Fsp3) is 0.143. The van der Waals surface area contributed by atoms with Crippen LogP contribution in [0.25, 0.3) is 11.0 Å². The monoisotopic (exact) mass is 390 g/mol. The molecule has 0 amide bonds. The summed E-state index contributed by atoms with van der Waals surface area (Å²) in [4.78, 5) is 28.8. The third-order valence-corrected chi connectivity index (χ3v) is 4.32. The maximum absolute atomic E-state index is 12.4. The van der Waals surface area contributed by atoms with E-state index in [-0.39, 0.29) is 12.1 Å². The van der Waals surface area contributed by atoms with E-state index >= 15 is 0 Å². The molecule has 0 aliphatic heterocycles. The minimum atomic E-state index is -0.574. The van der Waals surface area contributed by atoms with Crippen LogP contribution in [0.4, 0.5) is 0 Å². The van der Waals surface area contributed by atoms with Crippen molar-refractivity contribution >= 4 is 17.0 Å². The molecule has 0 saturated heterocycles.